The predicted molar refractivity (Wildman–Crippen MR) is 153 cm³/mol. The van der Waals surface area contributed by atoms with Crippen LogP contribution < -0.4 is 15.5 Å². The molecule has 0 spiro atoms. The van der Waals surface area contributed by atoms with Crippen molar-refractivity contribution in [3.63, 3.8) is 0 Å². The lowest BCUT2D eigenvalue weighted by molar-refractivity contribution is 0.416. The van der Waals surface area contributed by atoms with E-state index in [4.69, 9.17) is 4.98 Å². The summed E-state index contributed by atoms with van der Waals surface area (Å²) in [5.41, 5.74) is 7.92. The first kappa shape index (κ1) is 25.0. The lowest BCUT2D eigenvalue weighted by atomic mass is 10.1. The van der Waals surface area contributed by atoms with Crippen LogP contribution in [0.25, 0.3) is 22.2 Å². The monoisotopic (exact) mass is 481 g/mol. The summed E-state index contributed by atoms with van der Waals surface area (Å²) in [4.78, 5) is 13.8. The summed E-state index contributed by atoms with van der Waals surface area (Å²) < 4.78 is 2.12. The Morgan fingerprint density at radius 3 is 2.61 bits per heavy atom. The van der Waals surface area contributed by atoms with Crippen molar-refractivity contribution in [3.8, 4) is 11.3 Å². The number of aryl methyl sites for hydroxylation is 2. The topological polar surface area (TPSA) is 61.3 Å². The van der Waals surface area contributed by atoms with Crippen LogP contribution in [-0.2, 0) is 7.05 Å². The largest absolute Gasteiger partial charge is 0.372 e. The summed E-state index contributed by atoms with van der Waals surface area (Å²) in [5, 5.41) is 7.99. The van der Waals surface area contributed by atoms with Crippen LogP contribution in [0.15, 0.2) is 79.8 Å². The third-order valence-electron chi connectivity index (χ3n) is 6.25. The van der Waals surface area contributed by atoms with Crippen LogP contribution in [0, 0.1) is 6.92 Å². The molecule has 7 nitrogen and oxygen atoms in total. The van der Waals surface area contributed by atoms with Crippen LogP contribution in [0.3, 0.4) is 0 Å². The van der Waals surface area contributed by atoms with Gasteiger partial charge in [-0.15, -0.1) is 0 Å². The zero-order valence-corrected chi connectivity index (χ0v) is 21.8. The number of likely N-dealkylation sites (N-methyl/N-ethyl adjacent to an activating group) is 2. The Bertz CT molecular complexity index is 1400. The summed E-state index contributed by atoms with van der Waals surface area (Å²) in [7, 11) is 8.32. The molecule has 0 amide bonds. The molecule has 4 rings (SSSR count). The number of para-hydroxylation sites is 1. The Morgan fingerprint density at radius 1 is 1.08 bits per heavy atom. The van der Waals surface area contributed by atoms with E-state index < -0.39 is 0 Å². The van der Waals surface area contributed by atoms with E-state index in [1.165, 1.54) is 10.9 Å². The van der Waals surface area contributed by atoms with Gasteiger partial charge in [-0.1, -0.05) is 31.4 Å². The Balaban J connectivity index is 1.67. The molecule has 0 radical (unpaired) electrons. The lowest BCUT2D eigenvalue weighted by Crippen LogP contribution is -2.29. The van der Waals surface area contributed by atoms with Gasteiger partial charge in [-0.2, -0.15) is 0 Å². The number of anilines is 4. The number of rotatable bonds is 10. The Labute approximate surface area is 213 Å². The molecule has 2 aromatic carbocycles. The van der Waals surface area contributed by atoms with Crippen molar-refractivity contribution < 1.29 is 0 Å². The molecule has 4 aromatic rings. The van der Waals surface area contributed by atoms with Crippen molar-refractivity contribution in [1.82, 2.24) is 19.4 Å². The number of allylic oxidation sites excluding steroid dienone is 1. The summed E-state index contributed by atoms with van der Waals surface area (Å²) in [6, 6.07) is 14.5. The molecule has 0 saturated carbocycles. The van der Waals surface area contributed by atoms with E-state index in [-0.39, 0.29) is 0 Å². The minimum absolute atomic E-state index is 0.547. The third kappa shape index (κ3) is 5.42. The molecule has 0 aliphatic heterocycles. The highest BCUT2D eigenvalue weighted by Gasteiger charge is 2.14. The molecule has 36 heavy (non-hydrogen) atoms. The second-order valence-corrected chi connectivity index (χ2v) is 9.32. The van der Waals surface area contributed by atoms with Crippen molar-refractivity contribution in [2.75, 3.05) is 49.8 Å². The minimum atomic E-state index is 0.547. The van der Waals surface area contributed by atoms with Crippen molar-refractivity contribution in [1.29, 1.82) is 0 Å². The molecular weight excluding hydrogens is 446 g/mol. The highest BCUT2D eigenvalue weighted by atomic mass is 15.2. The quantitative estimate of drug-likeness (QED) is 0.279. The van der Waals surface area contributed by atoms with Gasteiger partial charge in [0.25, 0.3) is 0 Å². The van der Waals surface area contributed by atoms with Gasteiger partial charge in [-0.05, 0) is 56.9 Å². The zero-order chi connectivity index (χ0) is 25.8. The number of benzene rings is 2. The van der Waals surface area contributed by atoms with E-state index in [0.717, 1.165) is 52.7 Å². The molecule has 2 N–H and O–H groups in total. The van der Waals surface area contributed by atoms with E-state index in [1.807, 2.05) is 6.07 Å². The molecule has 2 aromatic heterocycles. The molecule has 0 bridgehead atoms. The molecule has 0 atom stereocenters. The first-order valence-electron chi connectivity index (χ1n) is 12.0. The van der Waals surface area contributed by atoms with E-state index >= 15 is 0 Å². The van der Waals surface area contributed by atoms with Crippen molar-refractivity contribution in [2.24, 2.45) is 7.05 Å². The fourth-order valence-corrected chi connectivity index (χ4v) is 4.17. The number of hydrogen-bond acceptors (Lipinski definition) is 6. The molecule has 0 aliphatic carbocycles. The molecule has 7 heteroatoms. The molecule has 0 aliphatic rings. The van der Waals surface area contributed by atoms with Crippen molar-refractivity contribution >= 4 is 33.9 Å². The molecule has 0 saturated heterocycles. The summed E-state index contributed by atoms with van der Waals surface area (Å²) >= 11 is 0. The van der Waals surface area contributed by atoms with Gasteiger partial charge >= 0.3 is 0 Å². The van der Waals surface area contributed by atoms with Gasteiger partial charge in [0.05, 0.1) is 17.1 Å². The average molecular weight is 482 g/mol. The van der Waals surface area contributed by atoms with Crippen molar-refractivity contribution in [3.05, 3.63) is 85.4 Å². The van der Waals surface area contributed by atoms with Crippen LogP contribution in [0.4, 0.5) is 23.0 Å². The van der Waals surface area contributed by atoms with Crippen LogP contribution in [-0.4, -0.2) is 53.7 Å². The van der Waals surface area contributed by atoms with Crippen molar-refractivity contribution in [2.45, 2.75) is 6.92 Å². The summed E-state index contributed by atoms with van der Waals surface area (Å²) in [6.07, 6.45) is 5.63. The van der Waals surface area contributed by atoms with Gasteiger partial charge < -0.3 is 25.0 Å². The van der Waals surface area contributed by atoms with Crippen LogP contribution in [0.1, 0.15) is 5.56 Å². The second kappa shape index (κ2) is 10.7. The first-order valence-corrected chi connectivity index (χ1v) is 12.0. The number of nitrogens with one attached hydrogen (secondary N) is 2. The Kier molecular flexibility index (Phi) is 7.41. The van der Waals surface area contributed by atoms with E-state index in [0.29, 0.717) is 5.95 Å². The van der Waals surface area contributed by atoms with Gasteiger partial charge in [0.2, 0.25) is 5.95 Å². The smallest absolute Gasteiger partial charge is 0.227 e. The average Bonchev–Trinajstić information content (AvgIpc) is 3.21. The number of fused-ring (bicyclic) bond motifs is 1. The predicted octanol–water partition coefficient (Wildman–Crippen LogP) is 5.80. The third-order valence-corrected chi connectivity index (χ3v) is 6.25. The fraction of sp³-hybridized carbons (Fsp3) is 0.241. The maximum Gasteiger partial charge on any atom is 0.227 e. The Hall–Kier alpha value is -4.10. The molecule has 0 fully saturated rings. The maximum absolute atomic E-state index is 4.85. The number of hydrogen-bond donors (Lipinski definition) is 2. The van der Waals surface area contributed by atoms with Gasteiger partial charge in [-0.25, -0.2) is 9.97 Å². The van der Waals surface area contributed by atoms with Crippen LogP contribution in [0.5, 0.6) is 0 Å². The Morgan fingerprint density at radius 2 is 1.86 bits per heavy atom. The summed E-state index contributed by atoms with van der Waals surface area (Å²) in [6.45, 7) is 11.8. The molecule has 186 valence electrons. The van der Waals surface area contributed by atoms with Crippen LogP contribution >= 0.6 is 0 Å². The number of nitrogens with zero attached hydrogens (tertiary/aromatic N) is 5. The fourth-order valence-electron chi connectivity index (χ4n) is 4.17. The van der Waals surface area contributed by atoms with E-state index in [1.54, 1.807) is 12.3 Å². The second-order valence-electron chi connectivity index (χ2n) is 9.32. The SMILES string of the molecule is C=CC(=C)Nc1cc(Nc2nccc(-c3cn(C)c4ccccc34)n2)c(C)cc1N(C)CCN(C)C. The molecule has 0 unspecified atom stereocenters. The standard InChI is InChI=1S/C29H35N7/c1-8-21(3)31-26-18-25(20(2)17-28(26)35(6)16-15-34(4)5)33-29-30-14-13-24(32-29)23-19-36(7)27-12-10-9-11-22(23)27/h8-14,17-19,31H,1,3,15-16H2,2,4-7H3,(H,30,32,33). The lowest BCUT2D eigenvalue weighted by Gasteiger charge is -2.26. The van der Waals surface area contributed by atoms with E-state index in [2.05, 4.69) is 121 Å². The normalized spacial score (nSPS) is 11.1. The van der Waals surface area contributed by atoms with E-state index in [9.17, 15) is 0 Å². The number of aromatic nitrogens is 3. The maximum atomic E-state index is 4.85. The van der Waals surface area contributed by atoms with Crippen LogP contribution in [0.2, 0.25) is 0 Å². The van der Waals surface area contributed by atoms with Gasteiger partial charge in [0, 0.05) is 67.4 Å². The van der Waals surface area contributed by atoms with Gasteiger partial charge in [-0.3, -0.25) is 0 Å². The zero-order valence-electron chi connectivity index (χ0n) is 21.8. The highest BCUT2D eigenvalue weighted by molar-refractivity contribution is 5.95. The molecule has 2 heterocycles. The molecular formula is C29H35N7. The highest BCUT2D eigenvalue weighted by Crippen LogP contribution is 2.34. The summed E-state index contributed by atoms with van der Waals surface area (Å²) in [5.74, 6) is 0.547. The van der Waals surface area contributed by atoms with Gasteiger partial charge in [0.15, 0.2) is 0 Å². The first-order chi connectivity index (χ1) is 17.3. The minimum Gasteiger partial charge on any atom is -0.372 e. The van der Waals surface area contributed by atoms with Gasteiger partial charge in [0.1, 0.15) is 0 Å².